The SMILES string of the molecule is CN(C)C(=O)c1cc2cnc(Nc3ccc(S(=O)(=O)N(C)C)cc3Cl)cc2[nH]1. The van der Waals surface area contributed by atoms with Gasteiger partial charge in [-0.05, 0) is 24.3 Å². The van der Waals surface area contributed by atoms with Gasteiger partial charge in [0.25, 0.3) is 5.91 Å². The highest BCUT2D eigenvalue weighted by Gasteiger charge is 2.18. The molecule has 0 radical (unpaired) electrons. The zero-order valence-corrected chi connectivity index (χ0v) is 17.4. The van der Waals surface area contributed by atoms with Crippen molar-refractivity contribution in [2.75, 3.05) is 33.5 Å². The molecule has 148 valence electrons. The predicted molar refractivity (Wildman–Crippen MR) is 110 cm³/mol. The maximum absolute atomic E-state index is 12.2. The third-order valence-corrected chi connectivity index (χ3v) is 6.25. The van der Waals surface area contributed by atoms with Crippen LogP contribution in [0.2, 0.25) is 5.02 Å². The minimum atomic E-state index is -3.57. The molecule has 3 aromatic rings. The summed E-state index contributed by atoms with van der Waals surface area (Å²) in [6.45, 7) is 0. The van der Waals surface area contributed by atoms with Crippen molar-refractivity contribution < 1.29 is 13.2 Å². The van der Waals surface area contributed by atoms with E-state index < -0.39 is 10.0 Å². The number of sulfonamides is 1. The molecule has 1 amide bonds. The first-order valence-electron chi connectivity index (χ1n) is 8.29. The fraction of sp³-hybridized carbons (Fsp3) is 0.222. The average molecular weight is 422 g/mol. The maximum Gasteiger partial charge on any atom is 0.269 e. The predicted octanol–water partition coefficient (Wildman–Crippen LogP) is 2.91. The largest absolute Gasteiger partial charge is 0.350 e. The standard InChI is InChI=1S/C18H20ClN5O3S/c1-23(2)18(25)16-7-11-10-20-17(9-15(11)21-16)22-14-6-5-12(8-13(14)19)28(26,27)24(3)4/h5-10,21H,1-4H3,(H,20,22). The van der Waals surface area contributed by atoms with Crippen molar-refractivity contribution in [1.82, 2.24) is 19.2 Å². The lowest BCUT2D eigenvalue weighted by Gasteiger charge is -2.13. The van der Waals surface area contributed by atoms with Crippen LogP contribution in [0.5, 0.6) is 0 Å². The number of H-pyrrole nitrogens is 1. The van der Waals surface area contributed by atoms with Crippen LogP contribution in [0.4, 0.5) is 11.5 Å². The third-order valence-electron chi connectivity index (χ3n) is 4.12. The van der Waals surface area contributed by atoms with Crippen molar-refractivity contribution in [2.24, 2.45) is 0 Å². The Hall–Kier alpha value is -2.62. The van der Waals surface area contributed by atoms with E-state index in [0.717, 1.165) is 15.2 Å². The van der Waals surface area contributed by atoms with Crippen LogP contribution < -0.4 is 5.32 Å². The Labute approximate surface area is 168 Å². The lowest BCUT2D eigenvalue weighted by atomic mass is 10.3. The smallest absolute Gasteiger partial charge is 0.269 e. The number of anilines is 2. The molecular formula is C18H20ClN5O3S. The molecular weight excluding hydrogens is 402 g/mol. The summed E-state index contributed by atoms with van der Waals surface area (Å²) in [6.07, 6.45) is 1.64. The van der Waals surface area contributed by atoms with Gasteiger partial charge in [0.1, 0.15) is 11.5 Å². The van der Waals surface area contributed by atoms with Crippen molar-refractivity contribution in [3.8, 4) is 0 Å². The number of hydrogen-bond donors (Lipinski definition) is 2. The molecule has 8 nitrogen and oxygen atoms in total. The normalized spacial score (nSPS) is 11.8. The summed E-state index contributed by atoms with van der Waals surface area (Å²) in [5.74, 6) is 0.370. The number of aromatic amines is 1. The molecule has 2 aromatic heterocycles. The number of halogens is 1. The topological polar surface area (TPSA) is 98.4 Å². The first kappa shape index (κ1) is 20.1. The number of nitrogens with zero attached hydrogens (tertiary/aromatic N) is 3. The van der Waals surface area contributed by atoms with Crippen LogP contribution in [0.3, 0.4) is 0 Å². The van der Waals surface area contributed by atoms with Crippen LogP contribution in [-0.4, -0.2) is 61.7 Å². The van der Waals surface area contributed by atoms with Gasteiger partial charge in [0.05, 0.1) is 21.1 Å². The van der Waals surface area contributed by atoms with Crippen LogP contribution in [0, 0.1) is 0 Å². The number of carbonyl (C=O) groups is 1. The molecule has 10 heteroatoms. The molecule has 1 aromatic carbocycles. The van der Waals surface area contributed by atoms with Crippen molar-refractivity contribution >= 4 is 49.9 Å². The lowest BCUT2D eigenvalue weighted by molar-refractivity contribution is 0.0823. The molecule has 0 aliphatic rings. The van der Waals surface area contributed by atoms with Gasteiger partial charge in [0.15, 0.2) is 0 Å². The number of rotatable bonds is 5. The second-order valence-electron chi connectivity index (χ2n) is 6.59. The van der Waals surface area contributed by atoms with E-state index >= 15 is 0 Å². The van der Waals surface area contributed by atoms with Crippen molar-refractivity contribution in [1.29, 1.82) is 0 Å². The van der Waals surface area contributed by atoms with Gasteiger partial charge in [-0.2, -0.15) is 0 Å². The van der Waals surface area contributed by atoms with E-state index in [1.54, 1.807) is 38.5 Å². The highest BCUT2D eigenvalue weighted by molar-refractivity contribution is 7.89. The summed E-state index contributed by atoms with van der Waals surface area (Å²) in [6, 6.07) is 7.94. The van der Waals surface area contributed by atoms with Crippen LogP contribution in [-0.2, 0) is 10.0 Å². The van der Waals surface area contributed by atoms with Crippen molar-refractivity contribution in [3.63, 3.8) is 0 Å². The zero-order valence-electron chi connectivity index (χ0n) is 15.8. The molecule has 0 unspecified atom stereocenters. The van der Waals surface area contributed by atoms with Gasteiger partial charge in [0, 0.05) is 45.8 Å². The van der Waals surface area contributed by atoms with E-state index in [9.17, 15) is 13.2 Å². The van der Waals surface area contributed by atoms with Gasteiger partial charge in [-0.25, -0.2) is 17.7 Å². The molecule has 28 heavy (non-hydrogen) atoms. The van der Waals surface area contributed by atoms with Gasteiger partial charge in [-0.1, -0.05) is 11.6 Å². The quantitative estimate of drug-likeness (QED) is 0.660. The second-order valence-corrected chi connectivity index (χ2v) is 9.15. The van der Waals surface area contributed by atoms with Gasteiger partial charge in [-0.15, -0.1) is 0 Å². The van der Waals surface area contributed by atoms with Crippen molar-refractivity contribution in [2.45, 2.75) is 4.90 Å². The van der Waals surface area contributed by atoms with E-state index in [4.69, 9.17) is 11.6 Å². The number of benzene rings is 1. The molecule has 0 fully saturated rings. The summed E-state index contributed by atoms with van der Waals surface area (Å²) < 4.78 is 25.5. The van der Waals surface area contributed by atoms with Gasteiger partial charge < -0.3 is 15.2 Å². The molecule has 0 atom stereocenters. The van der Waals surface area contributed by atoms with Gasteiger partial charge in [-0.3, -0.25) is 4.79 Å². The number of aromatic nitrogens is 2. The Bertz CT molecular complexity index is 1160. The highest BCUT2D eigenvalue weighted by Crippen LogP contribution is 2.29. The second kappa shape index (κ2) is 7.42. The number of amides is 1. The fourth-order valence-electron chi connectivity index (χ4n) is 2.56. The Morgan fingerprint density at radius 3 is 2.46 bits per heavy atom. The summed E-state index contributed by atoms with van der Waals surface area (Å²) >= 11 is 6.26. The van der Waals surface area contributed by atoms with E-state index in [0.29, 0.717) is 17.2 Å². The van der Waals surface area contributed by atoms with Crippen LogP contribution in [0.1, 0.15) is 10.5 Å². The molecule has 0 saturated carbocycles. The van der Waals surface area contributed by atoms with Crippen molar-refractivity contribution in [3.05, 3.63) is 47.2 Å². The molecule has 2 heterocycles. The molecule has 0 spiro atoms. The van der Waals surface area contributed by atoms with E-state index in [1.165, 1.54) is 31.1 Å². The van der Waals surface area contributed by atoms with E-state index in [-0.39, 0.29) is 15.8 Å². The molecule has 3 rings (SSSR count). The minimum Gasteiger partial charge on any atom is -0.350 e. The number of nitrogens with one attached hydrogen (secondary N) is 2. The molecule has 0 bridgehead atoms. The highest BCUT2D eigenvalue weighted by atomic mass is 35.5. The summed E-state index contributed by atoms with van der Waals surface area (Å²) in [4.78, 5) is 21.1. The van der Waals surface area contributed by atoms with E-state index in [2.05, 4.69) is 15.3 Å². The molecule has 0 aliphatic heterocycles. The van der Waals surface area contributed by atoms with Gasteiger partial charge in [0.2, 0.25) is 10.0 Å². The van der Waals surface area contributed by atoms with Crippen LogP contribution in [0.15, 0.2) is 41.4 Å². The van der Waals surface area contributed by atoms with Gasteiger partial charge >= 0.3 is 0 Å². The molecule has 0 saturated heterocycles. The summed E-state index contributed by atoms with van der Waals surface area (Å²) in [7, 11) is 2.71. The van der Waals surface area contributed by atoms with Crippen LogP contribution >= 0.6 is 11.6 Å². The zero-order chi connectivity index (χ0) is 20.6. The first-order valence-corrected chi connectivity index (χ1v) is 10.1. The summed E-state index contributed by atoms with van der Waals surface area (Å²) in [5, 5.41) is 4.12. The molecule has 2 N–H and O–H groups in total. The Morgan fingerprint density at radius 1 is 1.14 bits per heavy atom. The Balaban J connectivity index is 1.89. The number of fused-ring (bicyclic) bond motifs is 1. The number of carbonyl (C=O) groups excluding carboxylic acids is 1. The maximum atomic E-state index is 12.2. The fourth-order valence-corrected chi connectivity index (χ4v) is 3.78. The monoisotopic (exact) mass is 421 g/mol. The number of pyridine rings is 1. The third kappa shape index (κ3) is 3.82. The Morgan fingerprint density at radius 2 is 1.86 bits per heavy atom. The Kier molecular flexibility index (Phi) is 5.33. The first-order chi connectivity index (χ1) is 13.1. The lowest BCUT2D eigenvalue weighted by Crippen LogP contribution is -2.22. The van der Waals surface area contributed by atoms with E-state index in [1.807, 2.05) is 0 Å². The number of hydrogen-bond acceptors (Lipinski definition) is 5. The average Bonchev–Trinajstić information content (AvgIpc) is 3.05. The minimum absolute atomic E-state index is 0.104. The van der Waals surface area contributed by atoms with Crippen LogP contribution in [0.25, 0.3) is 10.9 Å². The summed E-state index contributed by atoms with van der Waals surface area (Å²) in [5.41, 5.74) is 1.73. The molecule has 0 aliphatic carbocycles.